The number of piperazine rings is 1. The van der Waals surface area contributed by atoms with Gasteiger partial charge in [-0.15, -0.1) is 22.7 Å². The normalized spacial score (nSPS) is 17.0. The highest BCUT2D eigenvalue weighted by molar-refractivity contribution is 7.15. The SMILES string of the molecule is Cc1nc(NC(=O)c2csc(C3CCN(C(=O)N4CCN(c5ccccn5)CC4)CC3)n2)sc1C. The van der Waals surface area contributed by atoms with E-state index < -0.39 is 0 Å². The molecule has 2 aliphatic heterocycles. The molecule has 0 unspecified atom stereocenters. The summed E-state index contributed by atoms with van der Waals surface area (Å²) in [6, 6.07) is 6.04. The molecule has 2 fully saturated rings. The van der Waals surface area contributed by atoms with Crippen LogP contribution in [-0.4, -0.2) is 76.0 Å². The Bertz CT molecular complexity index is 1160. The van der Waals surface area contributed by atoms with E-state index in [9.17, 15) is 9.59 Å². The molecule has 0 aliphatic carbocycles. The van der Waals surface area contributed by atoms with Gasteiger partial charge in [0.1, 0.15) is 11.5 Å². The molecular formula is C24H29N7O2S2. The van der Waals surface area contributed by atoms with Gasteiger partial charge < -0.3 is 14.7 Å². The number of rotatable bonds is 4. The molecule has 2 aliphatic rings. The van der Waals surface area contributed by atoms with Crippen molar-refractivity contribution >= 4 is 45.6 Å². The summed E-state index contributed by atoms with van der Waals surface area (Å²) in [6.07, 6.45) is 3.52. The molecule has 3 aromatic rings. The zero-order valence-electron chi connectivity index (χ0n) is 19.9. The van der Waals surface area contributed by atoms with Gasteiger partial charge in [0, 0.05) is 61.6 Å². The zero-order chi connectivity index (χ0) is 24.4. The van der Waals surface area contributed by atoms with Gasteiger partial charge in [0.05, 0.1) is 10.7 Å². The lowest BCUT2D eigenvalue weighted by molar-refractivity contribution is 0.102. The van der Waals surface area contributed by atoms with Gasteiger partial charge in [-0.05, 0) is 38.8 Å². The number of aromatic nitrogens is 3. The largest absolute Gasteiger partial charge is 0.353 e. The van der Waals surface area contributed by atoms with Crippen LogP contribution in [0.25, 0.3) is 0 Å². The van der Waals surface area contributed by atoms with Gasteiger partial charge in [-0.1, -0.05) is 6.07 Å². The molecule has 3 amide bonds. The highest BCUT2D eigenvalue weighted by Gasteiger charge is 2.30. The Morgan fingerprint density at radius 3 is 2.40 bits per heavy atom. The molecule has 9 nitrogen and oxygen atoms in total. The summed E-state index contributed by atoms with van der Waals surface area (Å²) in [7, 11) is 0. The summed E-state index contributed by atoms with van der Waals surface area (Å²) in [5, 5.41) is 6.24. The van der Waals surface area contributed by atoms with Crippen LogP contribution < -0.4 is 10.2 Å². The molecular weight excluding hydrogens is 482 g/mol. The van der Waals surface area contributed by atoms with Crippen molar-refractivity contribution in [2.24, 2.45) is 0 Å². The number of aryl methyl sites for hydroxylation is 2. The Morgan fingerprint density at radius 1 is 1.00 bits per heavy atom. The Kier molecular flexibility index (Phi) is 6.96. The smallest absolute Gasteiger partial charge is 0.320 e. The second-order valence-electron chi connectivity index (χ2n) is 8.89. The molecule has 2 saturated heterocycles. The first-order valence-corrected chi connectivity index (χ1v) is 13.6. The fourth-order valence-corrected chi connectivity index (χ4v) is 6.23. The molecule has 0 bridgehead atoms. The van der Waals surface area contributed by atoms with E-state index in [-0.39, 0.29) is 17.9 Å². The molecule has 1 N–H and O–H groups in total. The van der Waals surface area contributed by atoms with Gasteiger partial charge in [-0.25, -0.2) is 19.7 Å². The molecule has 3 aromatic heterocycles. The molecule has 184 valence electrons. The van der Waals surface area contributed by atoms with Crippen LogP contribution in [-0.2, 0) is 0 Å². The topological polar surface area (TPSA) is 94.6 Å². The summed E-state index contributed by atoms with van der Waals surface area (Å²) in [5.41, 5.74) is 1.36. The van der Waals surface area contributed by atoms with Crippen molar-refractivity contribution in [2.75, 3.05) is 49.5 Å². The van der Waals surface area contributed by atoms with Crippen LogP contribution in [0.1, 0.15) is 44.8 Å². The maximum Gasteiger partial charge on any atom is 0.320 e. The molecule has 11 heteroatoms. The first kappa shape index (κ1) is 23.7. The van der Waals surface area contributed by atoms with Crippen LogP contribution in [0, 0.1) is 13.8 Å². The Labute approximate surface area is 212 Å². The number of carbonyl (C=O) groups excluding carboxylic acids is 2. The molecule has 5 heterocycles. The van der Waals surface area contributed by atoms with E-state index in [0.717, 1.165) is 47.3 Å². The minimum absolute atomic E-state index is 0.123. The molecule has 0 atom stereocenters. The monoisotopic (exact) mass is 511 g/mol. The third kappa shape index (κ3) is 5.30. The molecule has 35 heavy (non-hydrogen) atoms. The number of thiazole rings is 2. The second kappa shape index (κ2) is 10.3. The number of pyridine rings is 1. The summed E-state index contributed by atoms with van der Waals surface area (Å²) < 4.78 is 0. The fraction of sp³-hybridized carbons (Fsp3) is 0.458. The summed E-state index contributed by atoms with van der Waals surface area (Å²) in [5.74, 6) is 1.02. The zero-order valence-corrected chi connectivity index (χ0v) is 21.6. The van der Waals surface area contributed by atoms with Gasteiger partial charge >= 0.3 is 6.03 Å². The molecule has 0 aromatic carbocycles. The Morgan fingerprint density at radius 2 is 1.74 bits per heavy atom. The summed E-state index contributed by atoms with van der Waals surface area (Å²) in [4.78, 5) is 46.3. The molecule has 0 spiro atoms. The van der Waals surface area contributed by atoms with Crippen molar-refractivity contribution in [2.45, 2.75) is 32.6 Å². The van der Waals surface area contributed by atoms with Crippen LogP contribution >= 0.6 is 22.7 Å². The van der Waals surface area contributed by atoms with Crippen molar-refractivity contribution in [1.29, 1.82) is 0 Å². The highest BCUT2D eigenvalue weighted by Crippen LogP contribution is 2.31. The predicted molar refractivity (Wildman–Crippen MR) is 139 cm³/mol. The van der Waals surface area contributed by atoms with Crippen LogP contribution in [0.4, 0.5) is 15.7 Å². The molecule has 0 radical (unpaired) electrons. The van der Waals surface area contributed by atoms with E-state index in [2.05, 4.69) is 25.2 Å². The quantitative estimate of drug-likeness (QED) is 0.569. The number of carbonyl (C=O) groups is 2. The summed E-state index contributed by atoms with van der Waals surface area (Å²) in [6.45, 7) is 8.35. The number of hydrogen-bond donors (Lipinski definition) is 1. The van der Waals surface area contributed by atoms with Crippen molar-refractivity contribution in [3.05, 3.63) is 51.0 Å². The van der Waals surface area contributed by atoms with Crippen molar-refractivity contribution in [3.8, 4) is 0 Å². The number of piperidine rings is 1. The van der Waals surface area contributed by atoms with Gasteiger partial charge in [-0.2, -0.15) is 0 Å². The lowest BCUT2D eigenvalue weighted by atomic mass is 9.98. The lowest BCUT2D eigenvalue weighted by Crippen LogP contribution is -2.54. The first-order chi connectivity index (χ1) is 17.0. The van der Waals surface area contributed by atoms with Gasteiger partial charge in [0.25, 0.3) is 5.91 Å². The number of likely N-dealkylation sites (tertiary alicyclic amines) is 1. The van der Waals surface area contributed by atoms with E-state index in [0.29, 0.717) is 37.0 Å². The van der Waals surface area contributed by atoms with E-state index in [1.165, 1.54) is 22.7 Å². The number of urea groups is 1. The standard InChI is InChI=1S/C24H29N7O2S2/c1-16-17(2)35-23(26-16)28-21(32)19-15-34-22(27-19)18-6-9-30(10-7-18)24(33)31-13-11-29(12-14-31)20-5-3-4-8-25-20/h3-5,8,15,18H,6-7,9-14H2,1-2H3,(H,26,28,32). The van der Waals surface area contributed by atoms with Crippen LogP contribution in [0.3, 0.4) is 0 Å². The third-order valence-electron chi connectivity index (χ3n) is 6.64. The van der Waals surface area contributed by atoms with Crippen molar-refractivity contribution in [1.82, 2.24) is 24.8 Å². The highest BCUT2D eigenvalue weighted by atomic mass is 32.1. The maximum absolute atomic E-state index is 13.1. The van der Waals surface area contributed by atoms with Gasteiger partial charge in [-0.3, -0.25) is 10.1 Å². The van der Waals surface area contributed by atoms with Crippen molar-refractivity contribution < 1.29 is 9.59 Å². The minimum Gasteiger partial charge on any atom is -0.353 e. The molecule has 0 saturated carbocycles. The minimum atomic E-state index is -0.223. The third-order valence-corrected chi connectivity index (χ3v) is 8.64. The lowest BCUT2D eigenvalue weighted by Gasteiger charge is -2.39. The molecule has 5 rings (SSSR count). The van der Waals surface area contributed by atoms with E-state index >= 15 is 0 Å². The second-order valence-corrected chi connectivity index (χ2v) is 11.0. The van der Waals surface area contributed by atoms with Gasteiger partial charge in [0.15, 0.2) is 5.13 Å². The average molecular weight is 512 g/mol. The van der Waals surface area contributed by atoms with Gasteiger partial charge in [0.2, 0.25) is 0 Å². The van der Waals surface area contributed by atoms with Crippen LogP contribution in [0.2, 0.25) is 0 Å². The Hall–Kier alpha value is -3.05. The number of nitrogens with one attached hydrogen (secondary N) is 1. The number of nitrogens with zero attached hydrogens (tertiary/aromatic N) is 6. The maximum atomic E-state index is 13.1. The van der Waals surface area contributed by atoms with Crippen molar-refractivity contribution in [3.63, 3.8) is 0 Å². The van der Waals surface area contributed by atoms with Crippen LogP contribution in [0.15, 0.2) is 29.8 Å². The van der Waals surface area contributed by atoms with E-state index in [1.807, 2.05) is 47.2 Å². The fourth-order valence-electron chi connectivity index (χ4n) is 4.45. The number of anilines is 2. The predicted octanol–water partition coefficient (Wildman–Crippen LogP) is 3.99. The summed E-state index contributed by atoms with van der Waals surface area (Å²) >= 11 is 3.00. The number of amides is 3. The van der Waals surface area contributed by atoms with Crippen LogP contribution in [0.5, 0.6) is 0 Å². The Balaban J connectivity index is 1.11. The average Bonchev–Trinajstić information content (AvgIpc) is 3.51. The first-order valence-electron chi connectivity index (χ1n) is 11.9. The van der Waals surface area contributed by atoms with E-state index in [4.69, 9.17) is 0 Å². The number of hydrogen-bond acceptors (Lipinski definition) is 8. The van der Waals surface area contributed by atoms with E-state index in [1.54, 1.807) is 6.20 Å².